The Morgan fingerprint density at radius 1 is 1.16 bits per heavy atom. The molecule has 0 saturated heterocycles. The van der Waals surface area contributed by atoms with Gasteiger partial charge in [-0.1, -0.05) is 37.3 Å². The molecule has 106 valence electrons. The summed E-state index contributed by atoms with van der Waals surface area (Å²) in [7, 11) is -3.69. The second-order valence-electron chi connectivity index (χ2n) is 5.02. The largest absolute Gasteiger partial charge is 0.381 e. The number of hydrogen-bond acceptors (Lipinski definition) is 3. The first-order valence-electron chi connectivity index (χ1n) is 6.56. The Kier molecular flexibility index (Phi) is 4.71. The van der Waals surface area contributed by atoms with Gasteiger partial charge in [0.1, 0.15) is 0 Å². The van der Waals surface area contributed by atoms with Crippen molar-refractivity contribution in [3.63, 3.8) is 0 Å². The molecule has 3 N–H and O–H groups in total. The molecule has 6 heteroatoms. The third-order valence-electron chi connectivity index (χ3n) is 3.48. The Balaban J connectivity index is 2.19. The molecule has 1 aliphatic carbocycles. The number of sulfonamides is 1. The van der Waals surface area contributed by atoms with Gasteiger partial charge in [0, 0.05) is 6.04 Å². The van der Waals surface area contributed by atoms with Crippen molar-refractivity contribution in [3.8, 4) is 0 Å². The fraction of sp³-hybridized carbons (Fsp3) is 0.538. The van der Waals surface area contributed by atoms with E-state index in [1.54, 1.807) is 6.07 Å². The van der Waals surface area contributed by atoms with Gasteiger partial charge in [0.2, 0.25) is 10.0 Å². The van der Waals surface area contributed by atoms with Gasteiger partial charge in [-0.15, -0.1) is 0 Å². The van der Waals surface area contributed by atoms with E-state index in [0.717, 1.165) is 12.8 Å². The van der Waals surface area contributed by atoms with Crippen molar-refractivity contribution in [1.29, 1.82) is 0 Å². The monoisotopic (exact) mass is 302 g/mol. The van der Waals surface area contributed by atoms with Crippen LogP contribution in [-0.2, 0) is 10.0 Å². The highest BCUT2D eigenvalue weighted by Crippen LogP contribution is 2.28. The van der Waals surface area contributed by atoms with Crippen LogP contribution in [0, 0.1) is 0 Å². The lowest BCUT2D eigenvalue weighted by molar-refractivity contribution is 0.597. The van der Waals surface area contributed by atoms with Gasteiger partial charge in [0.15, 0.2) is 0 Å². The van der Waals surface area contributed by atoms with Crippen LogP contribution in [0.3, 0.4) is 0 Å². The maximum atomic E-state index is 11.4. The molecular weight excluding hydrogens is 284 g/mol. The van der Waals surface area contributed by atoms with Crippen molar-refractivity contribution in [2.45, 2.75) is 49.5 Å². The van der Waals surface area contributed by atoms with Crippen molar-refractivity contribution in [3.05, 3.63) is 23.2 Å². The summed E-state index contributed by atoms with van der Waals surface area (Å²) in [5, 5.41) is 9.01. The molecule has 0 unspecified atom stereocenters. The van der Waals surface area contributed by atoms with Crippen LogP contribution in [0.1, 0.15) is 38.5 Å². The minimum Gasteiger partial charge on any atom is -0.381 e. The smallest absolute Gasteiger partial charge is 0.238 e. The van der Waals surface area contributed by atoms with Gasteiger partial charge in [-0.3, -0.25) is 0 Å². The summed E-state index contributed by atoms with van der Waals surface area (Å²) in [6.45, 7) is 0. The second-order valence-corrected chi connectivity index (χ2v) is 6.99. The van der Waals surface area contributed by atoms with E-state index in [2.05, 4.69) is 5.32 Å². The molecule has 19 heavy (non-hydrogen) atoms. The summed E-state index contributed by atoms with van der Waals surface area (Å²) in [5.41, 5.74) is 0.653. The molecule has 4 nitrogen and oxygen atoms in total. The normalized spacial score (nSPS) is 18.0. The van der Waals surface area contributed by atoms with Gasteiger partial charge in [0.05, 0.1) is 15.6 Å². The lowest BCUT2D eigenvalue weighted by Crippen LogP contribution is -2.19. The molecule has 0 spiro atoms. The Bertz CT molecular complexity index is 538. The van der Waals surface area contributed by atoms with Crippen LogP contribution in [0.15, 0.2) is 23.1 Å². The minimum absolute atomic E-state index is 0.0908. The average Bonchev–Trinajstić information content (AvgIpc) is 2.59. The average molecular weight is 303 g/mol. The molecule has 0 aliphatic heterocycles. The number of nitrogens with one attached hydrogen (secondary N) is 1. The lowest BCUT2D eigenvalue weighted by atomic mass is 10.1. The topological polar surface area (TPSA) is 72.2 Å². The molecule has 1 aromatic rings. The number of rotatable bonds is 3. The zero-order chi connectivity index (χ0) is 13.9. The molecular formula is C13H19ClN2O2S. The van der Waals surface area contributed by atoms with E-state index in [9.17, 15) is 8.42 Å². The predicted molar refractivity (Wildman–Crippen MR) is 77.9 cm³/mol. The molecule has 2 rings (SSSR count). The number of halogens is 1. The molecule has 1 aliphatic rings. The van der Waals surface area contributed by atoms with E-state index < -0.39 is 10.0 Å². The summed E-state index contributed by atoms with van der Waals surface area (Å²) in [6, 6.07) is 4.87. The van der Waals surface area contributed by atoms with Gasteiger partial charge in [0.25, 0.3) is 0 Å². The maximum Gasteiger partial charge on any atom is 0.238 e. The molecule has 0 radical (unpaired) electrons. The van der Waals surface area contributed by atoms with Crippen molar-refractivity contribution >= 4 is 27.3 Å². The molecule has 0 atom stereocenters. The second kappa shape index (κ2) is 6.11. The van der Waals surface area contributed by atoms with E-state index >= 15 is 0 Å². The Morgan fingerprint density at radius 3 is 2.37 bits per heavy atom. The fourth-order valence-electron chi connectivity index (χ4n) is 2.44. The highest BCUT2D eigenvalue weighted by atomic mass is 35.5. The lowest BCUT2D eigenvalue weighted by Gasteiger charge is -2.19. The van der Waals surface area contributed by atoms with E-state index in [1.807, 2.05) is 0 Å². The van der Waals surface area contributed by atoms with Crippen LogP contribution < -0.4 is 10.5 Å². The third-order valence-corrected chi connectivity index (χ3v) is 4.72. The van der Waals surface area contributed by atoms with Gasteiger partial charge in [-0.05, 0) is 31.0 Å². The summed E-state index contributed by atoms with van der Waals surface area (Å²) < 4.78 is 22.7. The van der Waals surface area contributed by atoms with E-state index in [-0.39, 0.29) is 4.90 Å². The molecule has 1 aromatic carbocycles. The molecule has 0 amide bonds. The number of primary sulfonamides is 1. The maximum absolute atomic E-state index is 11.4. The summed E-state index contributed by atoms with van der Waals surface area (Å²) >= 11 is 6.11. The predicted octanol–water partition coefficient (Wildman–Crippen LogP) is 3.12. The van der Waals surface area contributed by atoms with Crippen LogP contribution in [-0.4, -0.2) is 14.5 Å². The molecule has 0 aromatic heterocycles. The number of hydrogen-bond donors (Lipinski definition) is 2. The zero-order valence-electron chi connectivity index (χ0n) is 10.7. The van der Waals surface area contributed by atoms with Gasteiger partial charge < -0.3 is 5.32 Å². The van der Waals surface area contributed by atoms with Crippen molar-refractivity contribution < 1.29 is 8.42 Å². The standard InChI is InChI=1S/C13H19ClN2O2S/c14-12-8-7-11(19(15,17)18)9-13(12)16-10-5-3-1-2-4-6-10/h7-10,16H,1-6H2,(H2,15,17,18). The summed E-state index contributed by atoms with van der Waals surface area (Å²) in [4.78, 5) is 0.0908. The van der Waals surface area contributed by atoms with E-state index in [1.165, 1.54) is 37.8 Å². The van der Waals surface area contributed by atoms with Gasteiger partial charge in [-0.2, -0.15) is 0 Å². The number of anilines is 1. The highest BCUT2D eigenvalue weighted by Gasteiger charge is 2.15. The van der Waals surface area contributed by atoms with Crippen LogP contribution in [0.25, 0.3) is 0 Å². The SMILES string of the molecule is NS(=O)(=O)c1ccc(Cl)c(NC2CCCCCC2)c1. The Morgan fingerprint density at radius 2 is 1.79 bits per heavy atom. The summed E-state index contributed by atoms with van der Waals surface area (Å²) in [6.07, 6.45) is 7.12. The summed E-state index contributed by atoms with van der Waals surface area (Å²) in [5.74, 6) is 0. The first kappa shape index (κ1) is 14.6. The highest BCUT2D eigenvalue weighted by molar-refractivity contribution is 7.89. The van der Waals surface area contributed by atoms with Crippen molar-refractivity contribution in [2.24, 2.45) is 5.14 Å². The quantitative estimate of drug-likeness (QED) is 0.843. The minimum atomic E-state index is -3.69. The molecule has 0 heterocycles. The molecule has 1 saturated carbocycles. The first-order valence-corrected chi connectivity index (χ1v) is 8.48. The molecule has 1 fully saturated rings. The van der Waals surface area contributed by atoms with Crippen LogP contribution in [0.5, 0.6) is 0 Å². The third kappa shape index (κ3) is 4.09. The zero-order valence-corrected chi connectivity index (χ0v) is 12.3. The Labute approximate surface area is 119 Å². The fourth-order valence-corrected chi connectivity index (χ4v) is 3.15. The van der Waals surface area contributed by atoms with Crippen molar-refractivity contribution in [1.82, 2.24) is 0 Å². The van der Waals surface area contributed by atoms with Crippen LogP contribution in [0.4, 0.5) is 5.69 Å². The number of nitrogens with two attached hydrogens (primary N) is 1. The van der Waals surface area contributed by atoms with Crippen LogP contribution >= 0.6 is 11.6 Å². The Hall–Kier alpha value is -0.780. The van der Waals surface area contributed by atoms with Crippen LogP contribution in [0.2, 0.25) is 5.02 Å². The first-order chi connectivity index (χ1) is 8.97. The van der Waals surface area contributed by atoms with Gasteiger partial charge >= 0.3 is 0 Å². The van der Waals surface area contributed by atoms with E-state index in [4.69, 9.17) is 16.7 Å². The molecule has 0 bridgehead atoms. The number of benzene rings is 1. The van der Waals surface area contributed by atoms with E-state index in [0.29, 0.717) is 16.8 Å². The van der Waals surface area contributed by atoms with Crippen molar-refractivity contribution in [2.75, 3.05) is 5.32 Å². The van der Waals surface area contributed by atoms with Gasteiger partial charge in [-0.25, -0.2) is 13.6 Å².